The van der Waals surface area contributed by atoms with E-state index in [1.54, 1.807) is 0 Å². The van der Waals surface area contributed by atoms with Crippen LogP contribution in [0.3, 0.4) is 0 Å². The second-order valence-electron chi connectivity index (χ2n) is 3.22. The van der Waals surface area contributed by atoms with Crippen molar-refractivity contribution >= 4 is 0 Å². The standard InChI is InChI=1S/C12H16N2/c1-3-5-12(14-4-2)10-11-6-8-13-9-7-11/h1,6-9,12,14H,4-5,10H2,2H3. The van der Waals surface area contributed by atoms with Gasteiger partial charge in [-0.3, -0.25) is 4.98 Å². The lowest BCUT2D eigenvalue weighted by atomic mass is 10.0. The largest absolute Gasteiger partial charge is 0.313 e. The highest BCUT2D eigenvalue weighted by Crippen LogP contribution is 2.03. The van der Waals surface area contributed by atoms with Gasteiger partial charge in [0.05, 0.1) is 0 Å². The topological polar surface area (TPSA) is 24.9 Å². The lowest BCUT2D eigenvalue weighted by Gasteiger charge is -2.14. The first-order chi connectivity index (χ1) is 6.86. The number of hydrogen-bond donors (Lipinski definition) is 1. The minimum Gasteiger partial charge on any atom is -0.313 e. The second kappa shape index (κ2) is 6.17. The molecule has 0 aromatic carbocycles. The van der Waals surface area contributed by atoms with E-state index in [-0.39, 0.29) is 0 Å². The van der Waals surface area contributed by atoms with Crippen molar-refractivity contribution in [3.05, 3.63) is 30.1 Å². The van der Waals surface area contributed by atoms with Crippen molar-refractivity contribution in [3.8, 4) is 12.3 Å². The van der Waals surface area contributed by atoms with E-state index < -0.39 is 0 Å². The summed E-state index contributed by atoms with van der Waals surface area (Å²) in [6.45, 7) is 3.05. The molecule has 1 aromatic heterocycles. The number of rotatable bonds is 5. The zero-order valence-electron chi connectivity index (χ0n) is 8.53. The van der Waals surface area contributed by atoms with E-state index in [1.165, 1.54) is 5.56 Å². The van der Waals surface area contributed by atoms with Crippen LogP contribution in [-0.4, -0.2) is 17.6 Å². The molecule has 74 valence electrons. The smallest absolute Gasteiger partial charge is 0.0270 e. The molecule has 2 nitrogen and oxygen atoms in total. The molecule has 1 heterocycles. The molecule has 0 radical (unpaired) electrons. The maximum absolute atomic E-state index is 5.31. The van der Waals surface area contributed by atoms with Crippen LogP contribution in [0.1, 0.15) is 18.9 Å². The Morgan fingerprint density at radius 1 is 1.50 bits per heavy atom. The first-order valence-corrected chi connectivity index (χ1v) is 4.92. The van der Waals surface area contributed by atoms with Crippen LogP contribution in [0, 0.1) is 12.3 Å². The third kappa shape index (κ3) is 3.59. The van der Waals surface area contributed by atoms with Crippen LogP contribution in [0.25, 0.3) is 0 Å². The number of nitrogens with one attached hydrogen (secondary N) is 1. The Hall–Kier alpha value is -1.33. The highest BCUT2D eigenvalue weighted by atomic mass is 14.9. The quantitative estimate of drug-likeness (QED) is 0.710. The molecule has 0 aliphatic rings. The summed E-state index contributed by atoms with van der Waals surface area (Å²) < 4.78 is 0. The fourth-order valence-electron chi connectivity index (χ4n) is 1.45. The zero-order chi connectivity index (χ0) is 10.2. The van der Waals surface area contributed by atoms with Crippen molar-refractivity contribution in [3.63, 3.8) is 0 Å². The second-order valence-corrected chi connectivity index (χ2v) is 3.22. The first kappa shape index (κ1) is 10.7. The molecule has 1 N–H and O–H groups in total. The molecule has 1 atom stereocenters. The maximum Gasteiger partial charge on any atom is 0.0270 e. The number of aromatic nitrogens is 1. The van der Waals surface area contributed by atoms with E-state index in [9.17, 15) is 0 Å². The average molecular weight is 188 g/mol. The van der Waals surface area contributed by atoms with Crippen LogP contribution in [0.5, 0.6) is 0 Å². The predicted octanol–water partition coefficient (Wildman–Crippen LogP) is 1.63. The van der Waals surface area contributed by atoms with Gasteiger partial charge in [-0.1, -0.05) is 6.92 Å². The molecular formula is C12H16N2. The van der Waals surface area contributed by atoms with Crippen molar-refractivity contribution in [1.29, 1.82) is 0 Å². The lowest BCUT2D eigenvalue weighted by Crippen LogP contribution is -2.30. The van der Waals surface area contributed by atoms with Crippen LogP contribution >= 0.6 is 0 Å². The van der Waals surface area contributed by atoms with Crippen LogP contribution in [-0.2, 0) is 6.42 Å². The van der Waals surface area contributed by atoms with Crippen LogP contribution in [0.15, 0.2) is 24.5 Å². The Morgan fingerprint density at radius 2 is 2.21 bits per heavy atom. The lowest BCUT2D eigenvalue weighted by molar-refractivity contribution is 0.535. The molecule has 1 aromatic rings. The van der Waals surface area contributed by atoms with Gasteiger partial charge in [-0.2, -0.15) is 0 Å². The number of hydrogen-bond acceptors (Lipinski definition) is 2. The fraction of sp³-hybridized carbons (Fsp3) is 0.417. The average Bonchev–Trinajstić information content (AvgIpc) is 2.20. The third-order valence-electron chi connectivity index (χ3n) is 2.09. The van der Waals surface area contributed by atoms with Gasteiger partial charge in [0, 0.05) is 24.9 Å². The van der Waals surface area contributed by atoms with E-state index in [2.05, 4.69) is 23.1 Å². The van der Waals surface area contributed by atoms with Gasteiger partial charge in [0.1, 0.15) is 0 Å². The highest BCUT2D eigenvalue weighted by molar-refractivity contribution is 5.12. The molecule has 2 heteroatoms. The summed E-state index contributed by atoms with van der Waals surface area (Å²) in [5.41, 5.74) is 1.28. The number of likely N-dealkylation sites (N-methyl/N-ethyl adjacent to an activating group) is 1. The van der Waals surface area contributed by atoms with Gasteiger partial charge < -0.3 is 5.32 Å². The molecule has 0 bridgehead atoms. The SMILES string of the molecule is C#CCC(Cc1ccncc1)NCC. The van der Waals surface area contributed by atoms with Gasteiger partial charge in [-0.25, -0.2) is 0 Å². The summed E-state index contributed by atoms with van der Waals surface area (Å²) in [5, 5.41) is 3.37. The maximum atomic E-state index is 5.31. The highest BCUT2D eigenvalue weighted by Gasteiger charge is 2.05. The van der Waals surface area contributed by atoms with Crippen molar-refractivity contribution in [2.24, 2.45) is 0 Å². The molecule has 0 fully saturated rings. The van der Waals surface area contributed by atoms with E-state index in [4.69, 9.17) is 6.42 Å². The summed E-state index contributed by atoms with van der Waals surface area (Å²) in [6.07, 6.45) is 10.7. The van der Waals surface area contributed by atoms with Gasteiger partial charge in [0.25, 0.3) is 0 Å². The molecule has 0 saturated carbocycles. The van der Waals surface area contributed by atoms with Gasteiger partial charge >= 0.3 is 0 Å². The van der Waals surface area contributed by atoms with Gasteiger partial charge in [-0.15, -0.1) is 12.3 Å². The number of terminal acetylenes is 1. The van der Waals surface area contributed by atoms with E-state index in [0.29, 0.717) is 6.04 Å². The minimum atomic E-state index is 0.382. The Morgan fingerprint density at radius 3 is 2.79 bits per heavy atom. The minimum absolute atomic E-state index is 0.382. The molecule has 14 heavy (non-hydrogen) atoms. The van der Waals surface area contributed by atoms with Crippen molar-refractivity contribution < 1.29 is 0 Å². The Kier molecular flexibility index (Phi) is 4.74. The van der Waals surface area contributed by atoms with Crippen LogP contribution in [0.2, 0.25) is 0 Å². The summed E-state index contributed by atoms with van der Waals surface area (Å²) >= 11 is 0. The van der Waals surface area contributed by atoms with Crippen LogP contribution < -0.4 is 5.32 Å². The summed E-state index contributed by atoms with van der Waals surface area (Å²) in [6, 6.07) is 4.44. The third-order valence-corrected chi connectivity index (χ3v) is 2.09. The van der Waals surface area contributed by atoms with Crippen LogP contribution in [0.4, 0.5) is 0 Å². The Bertz CT molecular complexity index is 287. The van der Waals surface area contributed by atoms with Crippen molar-refractivity contribution in [2.75, 3.05) is 6.54 Å². The molecule has 0 spiro atoms. The number of nitrogens with zero attached hydrogens (tertiary/aromatic N) is 1. The zero-order valence-corrected chi connectivity index (χ0v) is 8.53. The fourth-order valence-corrected chi connectivity index (χ4v) is 1.45. The van der Waals surface area contributed by atoms with Gasteiger partial charge in [0.2, 0.25) is 0 Å². The molecular weight excluding hydrogens is 172 g/mol. The molecule has 0 aliphatic carbocycles. The predicted molar refractivity (Wildman–Crippen MR) is 58.9 cm³/mol. The molecule has 1 rings (SSSR count). The summed E-state index contributed by atoms with van der Waals surface area (Å²) in [4.78, 5) is 3.98. The molecule has 0 saturated heterocycles. The van der Waals surface area contributed by atoms with E-state index in [0.717, 1.165) is 19.4 Å². The van der Waals surface area contributed by atoms with E-state index in [1.807, 2.05) is 24.5 Å². The first-order valence-electron chi connectivity index (χ1n) is 4.92. The van der Waals surface area contributed by atoms with Crippen molar-refractivity contribution in [1.82, 2.24) is 10.3 Å². The summed E-state index contributed by atoms with van der Waals surface area (Å²) in [7, 11) is 0. The monoisotopic (exact) mass is 188 g/mol. The van der Waals surface area contributed by atoms with Crippen molar-refractivity contribution in [2.45, 2.75) is 25.8 Å². The Labute approximate surface area is 85.8 Å². The normalized spacial score (nSPS) is 12.0. The Balaban J connectivity index is 2.52. The van der Waals surface area contributed by atoms with Gasteiger partial charge in [0.15, 0.2) is 0 Å². The van der Waals surface area contributed by atoms with E-state index >= 15 is 0 Å². The summed E-state index contributed by atoms with van der Waals surface area (Å²) in [5.74, 6) is 2.69. The molecule has 0 aliphatic heterocycles. The van der Waals surface area contributed by atoms with Gasteiger partial charge in [-0.05, 0) is 30.7 Å². The molecule has 1 unspecified atom stereocenters. The number of pyridine rings is 1. The molecule has 0 amide bonds.